The third-order valence-corrected chi connectivity index (χ3v) is 6.98. The lowest BCUT2D eigenvalue weighted by Crippen LogP contribution is -2.02. The fourth-order valence-corrected chi connectivity index (χ4v) is 3.34. The van der Waals surface area contributed by atoms with Gasteiger partial charge in [-0.1, -0.05) is 24.0 Å². The van der Waals surface area contributed by atoms with Crippen LogP contribution in [-0.4, -0.2) is 36.5 Å². The fourth-order valence-electron chi connectivity index (χ4n) is 1.11. The molecular weight excluding hydrogens is 208 g/mol. The van der Waals surface area contributed by atoms with Crippen molar-refractivity contribution < 1.29 is 0 Å². The lowest BCUT2D eigenvalue weighted by Gasteiger charge is -2.29. The second-order valence-corrected chi connectivity index (χ2v) is 12.7. The van der Waals surface area contributed by atoms with Crippen LogP contribution in [0.25, 0.3) is 0 Å². The van der Waals surface area contributed by atoms with Gasteiger partial charge in [0.15, 0.2) is 0 Å². The molecule has 0 heterocycles. The van der Waals surface area contributed by atoms with Crippen LogP contribution in [0.1, 0.15) is 12.8 Å². The second kappa shape index (κ2) is 5.92. The largest absolute Gasteiger partial charge is 0.228 e. The molecule has 0 bridgehead atoms. The Kier molecular flexibility index (Phi) is 5.99. The Bertz CT molecular complexity index is 170. The van der Waals surface area contributed by atoms with Crippen LogP contribution in [0.5, 0.6) is 0 Å². The summed E-state index contributed by atoms with van der Waals surface area (Å²) in [5, 5.41) is 4.30. The molecule has 0 unspecified atom stereocenters. The second-order valence-electron chi connectivity index (χ2n) is 4.70. The highest BCUT2D eigenvalue weighted by Gasteiger charge is 2.09. The molecule has 0 aliphatic carbocycles. The summed E-state index contributed by atoms with van der Waals surface area (Å²) in [6, 6.07) is 0. The predicted octanol–water partition coefficient (Wildman–Crippen LogP) is 4.18. The van der Waals surface area contributed by atoms with Crippen molar-refractivity contribution in [1.29, 1.82) is 0 Å². The molecule has 0 aromatic carbocycles. The highest BCUT2D eigenvalue weighted by Crippen LogP contribution is 2.44. The molecule has 86 valence electrons. The lowest BCUT2D eigenvalue weighted by atomic mass is 10.4. The maximum absolute atomic E-state index is 3.90. The smallest absolute Gasteiger partial charge is 0.0198 e. The van der Waals surface area contributed by atoms with Gasteiger partial charge in [-0.25, -0.2) is 20.1 Å². The Morgan fingerprint density at radius 3 is 1.29 bits per heavy atom. The highest BCUT2D eigenvalue weighted by atomic mass is 32.3. The van der Waals surface area contributed by atoms with Gasteiger partial charge in [0, 0.05) is 0 Å². The van der Waals surface area contributed by atoms with Crippen LogP contribution in [0.15, 0.2) is 24.0 Å². The van der Waals surface area contributed by atoms with E-state index in [0.717, 1.165) is 0 Å². The van der Waals surface area contributed by atoms with E-state index in [4.69, 9.17) is 0 Å². The summed E-state index contributed by atoms with van der Waals surface area (Å²) in [5.41, 5.74) is 0. The van der Waals surface area contributed by atoms with E-state index >= 15 is 0 Å². The monoisotopic (exact) mass is 234 g/mol. The molecule has 0 aromatic heterocycles. The van der Waals surface area contributed by atoms with E-state index in [-0.39, 0.29) is 0 Å². The molecule has 0 amide bonds. The average Bonchev–Trinajstić information content (AvgIpc) is 2.13. The SMILES string of the molecule is C=CS(C)(C)CCCCS(C)(C)C=C. The van der Waals surface area contributed by atoms with Crippen molar-refractivity contribution in [2.24, 2.45) is 0 Å². The molecule has 0 rings (SSSR count). The molecule has 0 nitrogen and oxygen atoms in total. The van der Waals surface area contributed by atoms with Gasteiger partial charge in [0.2, 0.25) is 0 Å². The van der Waals surface area contributed by atoms with Gasteiger partial charge in [-0.2, -0.15) is 0 Å². The number of unbranched alkanes of at least 4 members (excludes halogenated alkanes) is 1. The summed E-state index contributed by atoms with van der Waals surface area (Å²) in [6.45, 7) is 7.80. The lowest BCUT2D eigenvalue weighted by molar-refractivity contribution is 0.901. The molecule has 14 heavy (non-hydrogen) atoms. The number of hydrogen-bond donors (Lipinski definition) is 0. The normalized spacial score (nSPS) is 14.9. The quantitative estimate of drug-likeness (QED) is 0.580. The first kappa shape index (κ1) is 14.2. The molecule has 0 aliphatic rings. The van der Waals surface area contributed by atoms with Crippen LogP contribution in [0.4, 0.5) is 0 Å². The fraction of sp³-hybridized carbons (Fsp3) is 0.667. The van der Waals surface area contributed by atoms with E-state index in [1.165, 1.54) is 24.3 Å². The van der Waals surface area contributed by atoms with Crippen molar-refractivity contribution in [2.75, 3.05) is 36.5 Å². The zero-order chi connectivity index (χ0) is 11.2. The van der Waals surface area contributed by atoms with Crippen molar-refractivity contribution in [3.8, 4) is 0 Å². The van der Waals surface area contributed by atoms with E-state index in [1.54, 1.807) is 0 Å². The summed E-state index contributed by atoms with van der Waals surface area (Å²) in [6.07, 6.45) is 12.0. The summed E-state index contributed by atoms with van der Waals surface area (Å²) in [5.74, 6) is 2.67. The van der Waals surface area contributed by atoms with Crippen LogP contribution in [0.2, 0.25) is 0 Å². The molecule has 0 spiro atoms. The Morgan fingerprint density at radius 1 is 0.786 bits per heavy atom. The molecule has 0 N–H and O–H groups in total. The first-order chi connectivity index (χ1) is 6.33. The molecule has 0 saturated carbocycles. The molecule has 2 heteroatoms. The van der Waals surface area contributed by atoms with E-state index in [0.29, 0.717) is 0 Å². The standard InChI is InChI=1S/C12H26S2/c1-7-13(3,4)11-9-10-12-14(5,6)8-2/h7-8H,1-2,9-12H2,3-6H3. The summed E-state index contributed by atoms with van der Waals surface area (Å²) >= 11 is 0. The van der Waals surface area contributed by atoms with E-state index in [1.807, 2.05) is 0 Å². The Morgan fingerprint density at radius 2 is 1.07 bits per heavy atom. The number of hydrogen-bond acceptors (Lipinski definition) is 0. The predicted molar refractivity (Wildman–Crippen MR) is 78.2 cm³/mol. The molecular formula is C12H26S2. The molecule has 0 atom stereocenters. The van der Waals surface area contributed by atoms with Crippen molar-refractivity contribution in [2.45, 2.75) is 12.8 Å². The van der Waals surface area contributed by atoms with Crippen molar-refractivity contribution in [3.05, 3.63) is 24.0 Å². The third kappa shape index (κ3) is 6.61. The van der Waals surface area contributed by atoms with Gasteiger partial charge in [0.05, 0.1) is 0 Å². The summed E-state index contributed by atoms with van der Waals surface area (Å²) < 4.78 is 0. The van der Waals surface area contributed by atoms with E-state index in [9.17, 15) is 0 Å². The minimum atomic E-state index is -0.497. The zero-order valence-electron chi connectivity index (χ0n) is 10.2. The molecule has 0 radical (unpaired) electrons. The van der Waals surface area contributed by atoms with Crippen molar-refractivity contribution in [1.82, 2.24) is 0 Å². The van der Waals surface area contributed by atoms with Crippen LogP contribution < -0.4 is 0 Å². The van der Waals surface area contributed by atoms with Gasteiger partial charge in [0.25, 0.3) is 0 Å². The van der Waals surface area contributed by atoms with E-state index in [2.05, 4.69) is 49.0 Å². The van der Waals surface area contributed by atoms with E-state index < -0.39 is 20.1 Å². The van der Waals surface area contributed by atoms with Gasteiger partial charge in [-0.3, -0.25) is 0 Å². The summed E-state index contributed by atoms with van der Waals surface area (Å²) in [4.78, 5) is 0. The minimum absolute atomic E-state index is 0.497. The van der Waals surface area contributed by atoms with Crippen LogP contribution in [-0.2, 0) is 0 Å². The zero-order valence-corrected chi connectivity index (χ0v) is 11.8. The third-order valence-electron chi connectivity index (χ3n) is 2.49. The number of rotatable bonds is 7. The minimum Gasteiger partial charge on any atom is -0.228 e. The first-order valence-electron chi connectivity index (χ1n) is 5.00. The van der Waals surface area contributed by atoms with Crippen LogP contribution >= 0.6 is 20.1 Å². The maximum Gasteiger partial charge on any atom is -0.0198 e. The Labute approximate surface area is 93.5 Å². The van der Waals surface area contributed by atoms with Gasteiger partial charge in [-0.15, -0.1) is 0 Å². The summed E-state index contributed by atoms with van der Waals surface area (Å²) in [7, 11) is -0.993. The van der Waals surface area contributed by atoms with Crippen molar-refractivity contribution in [3.63, 3.8) is 0 Å². The van der Waals surface area contributed by atoms with Crippen LogP contribution in [0.3, 0.4) is 0 Å². The molecule has 0 aliphatic heterocycles. The molecule has 0 aromatic rings. The maximum atomic E-state index is 3.90. The highest BCUT2D eigenvalue weighted by molar-refractivity contribution is 8.35. The van der Waals surface area contributed by atoms with Gasteiger partial charge in [0.1, 0.15) is 0 Å². The Balaban J connectivity index is 3.67. The van der Waals surface area contributed by atoms with Crippen LogP contribution in [0, 0.1) is 0 Å². The van der Waals surface area contributed by atoms with Gasteiger partial charge < -0.3 is 0 Å². The van der Waals surface area contributed by atoms with Crippen molar-refractivity contribution >= 4 is 20.1 Å². The average molecular weight is 234 g/mol. The Hall–Kier alpha value is 0.180. The van der Waals surface area contributed by atoms with Gasteiger partial charge >= 0.3 is 0 Å². The topological polar surface area (TPSA) is 0 Å². The molecule has 0 fully saturated rings. The first-order valence-corrected chi connectivity index (χ1v) is 10.4. The molecule has 0 saturated heterocycles. The van der Waals surface area contributed by atoms with Gasteiger partial charge in [-0.05, 0) is 49.4 Å².